The van der Waals surface area contributed by atoms with Gasteiger partial charge in [-0.3, -0.25) is 0 Å². The molecular weight excluding hydrogens is 216 g/mol. The number of hydrogen-bond acceptors (Lipinski definition) is 4. The van der Waals surface area contributed by atoms with Crippen molar-refractivity contribution in [2.45, 2.75) is 37.5 Å². The van der Waals surface area contributed by atoms with Crippen molar-refractivity contribution < 1.29 is 13.2 Å². The Morgan fingerprint density at radius 3 is 2.87 bits per heavy atom. The van der Waals surface area contributed by atoms with Crippen molar-refractivity contribution in [3.63, 3.8) is 0 Å². The first-order valence-corrected chi connectivity index (χ1v) is 6.60. The summed E-state index contributed by atoms with van der Waals surface area (Å²) in [7, 11) is -3.50. The van der Waals surface area contributed by atoms with Crippen LogP contribution in [0.1, 0.15) is 26.2 Å². The number of nitrogens with zero attached hydrogens (tertiary/aromatic N) is 1. The minimum atomic E-state index is -3.50. The minimum Gasteiger partial charge on any atom is -0.377 e. The fourth-order valence-electron chi connectivity index (χ4n) is 1.37. The van der Waals surface area contributed by atoms with Crippen LogP contribution in [0.25, 0.3) is 0 Å². The Morgan fingerprint density at radius 2 is 2.33 bits per heavy atom. The number of ether oxygens (including phenoxy) is 1. The topological polar surface area (TPSA) is 79.2 Å². The average molecular weight is 232 g/mol. The predicted molar refractivity (Wildman–Crippen MR) is 55.6 cm³/mol. The van der Waals surface area contributed by atoms with Crippen LogP contribution in [0, 0.1) is 11.3 Å². The molecule has 0 saturated carbocycles. The third-order valence-corrected chi connectivity index (χ3v) is 4.04. The Labute approximate surface area is 90.5 Å². The zero-order valence-electron chi connectivity index (χ0n) is 8.77. The molecule has 5 nitrogen and oxygen atoms in total. The largest absolute Gasteiger partial charge is 0.377 e. The summed E-state index contributed by atoms with van der Waals surface area (Å²) in [4.78, 5) is 0. The van der Waals surface area contributed by atoms with E-state index in [9.17, 15) is 8.42 Å². The first-order valence-electron chi connectivity index (χ1n) is 5.06. The third-order valence-electron chi connectivity index (χ3n) is 2.43. The molecule has 2 atom stereocenters. The molecular formula is C9H16N2O3S. The van der Waals surface area contributed by atoms with Gasteiger partial charge in [-0.05, 0) is 26.2 Å². The molecule has 0 amide bonds. The van der Waals surface area contributed by atoms with Crippen LogP contribution >= 0.6 is 0 Å². The van der Waals surface area contributed by atoms with Gasteiger partial charge in [0.25, 0.3) is 0 Å². The van der Waals surface area contributed by atoms with Crippen molar-refractivity contribution in [3.05, 3.63) is 0 Å². The summed E-state index contributed by atoms with van der Waals surface area (Å²) in [6, 6.07) is 1.70. The van der Waals surface area contributed by atoms with Crippen molar-refractivity contribution in [1.82, 2.24) is 4.72 Å². The van der Waals surface area contributed by atoms with Crippen LogP contribution in [0.5, 0.6) is 0 Å². The number of nitrogens with one attached hydrogen (secondary N) is 1. The summed E-state index contributed by atoms with van der Waals surface area (Å²) in [5.74, 6) is 0. The highest BCUT2D eigenvalue weighted by atomic mass is 32.2. The van der Waals surface area contributed by atoms with Gasteiger partial charge >= 0.3 is 0 Å². The summed E-state index contributed by atoms with van der Waals surface area (Å²) in [6.07, 6.45) is 2.95. The number of nitriles is 1. The van der Waals surface area contributed by atoms with E-state index in [0.29, 0.717) is 6.61 Å². The van der Waals surface area contributed by atoms with Crippen LogP contribution in [0.3, 0.4) is 0 Å². The maximum Gasteiger partial charge on any atom is 0.227 e. The maximum absolute atomic E-state index is 11.4. The van der Waals surface area contributed by atoms with Crippen LogP contribution < -0.4 is 4.72 Å². The van der Waals surface area contributed by atoms with Crippen LogP contribution in [-0.4, -0.2) is 32.9 Å². The molecule has 15 heavy (non-hydrogen) atoms. The van der Waals surface area contributed by atoms with Crippen molar-refractivity contribution in [1.29, 1.82) is 5.26 Å². The van der Waals surface area contributed by atoms with E-state index in [4.69, 9.17) is 10.00 Å². The highest BCUT2D eigenvalue weighted by Gasteiger charge is 2.22. The number of hydrogen-bond donors (Lipinski definition) is 1. The van der Waals surface area contributed by atoms with Crippen LogP contribution in [0.4, 0.5) is 0 Å². The Morgan fingerprint density at radius 1 is 1.60 bits per heavy atom. The standard InChI is InChI=1S/C9H16N2O3S/c1-8(6-10)15(12,13)11-7-9-4-2-3-5-14-9/h8-9,11H,2-5,7H2,1H3. The first-order chi connectivity index (χ1) is 7.06. The van der Waals surface area contributed by atoms with Crippen molar-refractivity contribution >= 4 is 10.0 Å². The smallest absolute Gasteiger partial charge is 0.227 e. The lowest BCUT2D eigenvalue weighted by Crippen LogP contribution is -2.39. The van der Waals surface area contributed by atoms with Gasteiger partial charge in [0.1, 0.15) is 0 Å². The molecule has 86 valence electrons. The number of rotatable bonds is 4. The van der Waals surface area contributed by atoms with E-state index in [-0.39, 0.29) is 12.6 Å². The summed E-state index contributed by atoms with van der Waals surface area (Å²) in [5, 5.41) is 7.49. The molecule has 0 spiro atoms. The zero-order valence-corrected chi connectivity index (χ0v) is 9.59. The first kappa shape index (κ1) is 12.4. The second-order valence-corrected chi connectivity index (χ2v) is 5.74. The highest BCUT2D eigenvalue weighted by Crippen LogP contribution is 2.12. The average Bonchev–Trinajstić information content (AvgIpc) is 2.27. The second kappa shape index (κ2) is 5.45. The molecule has 1 heterocycles. The Kier molecular flexibility index (Phi) is 4.51. The molecule has 0 aliphatic carbocycles. The SMILES string of the molecule is CC(C#N)S(=O)(=O)NCC1CCCCO1. The highest BCUT2D eigenvalue weighted by molar-refractivity contribution is 7.90. The van der Waals surface area contributed by atoms with Gasteiger partial charge in [-0.1, -0.05) is 0 Å². The fraction of sp³-hybridized carbons (Fsp3) is 0.889. The van der Waals surface area contributed by atoms with Gasteiger partial charge in [-0.15, -0.1) is 0 Å². The van der Waals surface area contributed by atoms with E-state index in [0.717, 1.165) is 19.3 Å². The van der Waals surface area contributed by atoms with Gasteiger partial charge in [-0.2, -0.15) is 5.26 Å². The van der Waals surface area contributed by atoms with E-state index >= 15 is 0 Å². The van der Waals surface area contributed by atoms with Gasteiger partial charge in [0, 0.05) is 13.2 Å². The predicted octanol–water partition coefficient (Wildman–Crippen LogP) is 0.387. The molecule has 2 unspecified atom stereocenters. The molecule has 0 aromatic rings. The molecule has 1 aliphatic rings. The molecule has 1 saturated heterocycles. The summed E-state index contributed by atoms with van der Waals surface area (Å²) in [6.45, 7) is 2.33. The lowest BCUT2D eigenvalue weighted by atomic mass is 10.1. The molecule has 1 rings (SSSR count). The molecule has 1 fully saturated rings. The molecule has 1 aliphatic heterocycles. The normalized spacial score (nSPS) is 24.4. The number of sulfonamides is 1. The zero-order chi connectivity index (χ0) is 11.3. The van der Waals surface area contributed by atoms with E-state index in [1.54, 1.807) is 6.07 Å². The molecule has 0 aromatic heterocycles. The lowest BCUT2D eigenvalue weighted by Gasteiger charge is -2.22. The Balaban J connectivity index is 2.39. The van der Waals surface area contributed by atoms with E-state index in [2.05, 4.69) is 4.72 Å². The third kappa shape index (κ3) is 3.78. The van der Waals surface area contributed by atoms with E-state index < -0.39 is 15.3 Å². The quantitative estimate of drug-likeness (QED) is 0.760. The Hall–Kier alpha value is -0.640. The summed E-state index contributed by atoms with van der Waals surface area (Å²) in [5.41, 5.74) is 0. The minimum absolute atomic E-state index is 0.0422. The molecule has 0 bridgehead atoms. The van der Waals surface area contributed by atoms with Gasteiger partial charge in [-0.25, -0.2) is 13.1 Å². The summed E-state index contributed by atoms with van der Waals surface area (Å²) < 4.78 is 30.6. The van der Waals surface area contributed by atoms with Gasteiger partial charge in [0.15, 0.2) is 5.25 Å². The van der Waals surface area contributed by atoms with Gasteiger partial charge < -0.3 is 4.74 Å². The molecule has 0 radical (unpaired) electrons. The molecule has 1 N–H and O–H groups in total. The fourth-order valence-corrected chi connectivity index (χ4v) is 2.18. The van der Waals surface area contributed by atoms with Crippen LogP contribution in [0.2, 0.25) is 0 Å². The van der Waals surface area contributed by atoms with Crippen molar-refractivity contribution in [2.75, 3.05) is 13.2 Å². The summed E-state index contributed by atoms with van der Waals surface area (Å²) >= 11 is 0. The van der Waals surface area contributed by atoms with Crippen LogP contribution in [-0.2, 0) is 14.8 Å². The van der Waals surface area contributed by atoms with Gasteiger partial charge in [0.05, 0.1) is 12.2 Å². The van der Waals surface area contributed by atoms with Crippen molar-refractivity contribution in [2.24, 2.45) is 0 Å². The van der Waals surface area contributed by atoms with Crippen molar-refractivity contribution in [3.8, 4) is 6.07 Å². The van der Waals surface area contributed by atoms with Crippen LogP contribution in [0.15, 0.2) is 0 Å². The van der Waals surface area contributed by atoms with Gasteiger partial charge in [0.2, 0.25) is 10.0 Å². The maximum atomic E-state index is 11.4. The Bertz CT molecular complexity index is 328. The lowest BCUT2D eigenvalue weighted by molar-refractivity contribution is 0.0200. The monoisotopic (exact) mass is 232 g/mol. The second-order valence-electron chi connectivity index (χ2n) is 3.65. The molecule has 0 aromatic carbocycles. The van der Waals surface area contributed by atoms with E-state index in [1.807, 2.05) is 0 Å². The molecule has 6 heteroatoms. The van der Waals surface area contributed by atoms with E-state index in [1.165, 1.54) is 6.92 Å².